The fourth-order valence-corrected chi connectivity index (χ4v) is 2.46. The van der Waals surface area contributed by atoms with Gasteiger partial charge in [0.25, 0.3) is 0 Å². The van der Waals surface area contributed by atoms with Crippen molar-refractivity contribution in [1.82, 2.24) is 0 Å². The van der Waals surface area contributed by atoms with Crippen LogP contribution in [0.1, 0.15) is 13.8 Å². The first-order chi connectivity index (χ1) is 10.0. The van der Waals surface area contributed by atoms with Gasteiger partial charge in [-0.1, -0.05) is 0 Å². The molecule has 0 radical (unpaired) electrons. The predicted molar refractivity (Wildman–Crippen MR) is 76.7 cm³/mol. The SMILES string of the molecule is CC1(C)O[C@H]1COc1c2occc2cc2ccc(=O)oc12. The highest BCUT2D eigenvalue weighted by Crippen LogP contribution is 2.38. The summed E-state index contributed by atoms with van der Waals surface area (Å²) in [5, 5.41) is 1.71. The van der Waals surface area contributed by atoms with E-state index in [0.717, 1.165) is 10.8 Å². The summed E-state index contributed by atoms with van der Waals surface area (Å²) in [7, 11) is 0. The molecular formula is C16H14O5. The van der Waals surface area contributed by atoms with E-state index in [0.29, 0.717) is 23.5 Å². The van der Waals surface area contributed by atoms with Crippen molar-refractivity contribution in [1.29, 1.82) is 0 Å². The molecule has 0 aliphatic carbocycles. The van der Waals surface area contributed by atoms with Gasteiger partial charge in [-0.25, -0.2) is 4.79 Å². The van der Waals surface area contributed by atoms with Crippen molar-refractivity contribution in [3.8, 4) is 5.75 Å². The molecule has 5 heteroatoms. The van der Waals surface area contributed by atoms with Gasteiger partial charge in [0.05, 0.1) is 11.9 Å². The number of rotatable bonds is 3. The second kappa shape index (κ2) is 4.11. The summed E-state index contributed by atoms with van der Waals surface area (Å²) in [6, 6.07) is 6.87. The number of benzene rings is 1. The second-order valence-electron chi connectivity index (χ2n) is 5.74. The van der Waals surface area contributed by atoms with Gasteiger partial charge in [-0.15, -0.1) is 0 Å². The Balaban J connectivity index is 1.83. The Morgan fingerprint density at radius 3 is 2.71 bits per heavy atom. The Bertz CT molecular complexity index is 886. The number of hydrogen-bond donors (Lipinski definition) is 0. The molecule has 2 aromatic heterocycles. The summed E-state index contributed by atoms with van der Waals surface area (Å²) in [6.07, 6.45) is 1.62. The first-order valence-corrected chi connectivity index (χ1v) is 6.79. The molecule has 0 unspecified atom stereocenters. The van der Waals surface area contributed by atoms with Crippen molar-refractivity contribution < 1.29 is 18.3 Å². The minimum atomic E-state index is -0.416. The Kier molecular flexibility index (Phi) is 2.44. The highest BCUT2D eigenvalue weighted by molar-refractivity contribution is 5.99. The van der Waals surface area contributed by atoms with Gasteiger partial charge in [0, 0.05) is 16.8 Å². The van der Waals surface area contributed by atoms with E-state index < -0.39 is 5.63 Å². The zero-order valence-electron chi connectivity index (χ0n) is 11.7. The summed E-state index contributed by atoms with van der Waals surface area (Å²) < 4.78 is 22.1. The number of ether oxygens (including phenoxy) is 2. The molecule has 3 heterocycles. The van der Waals surface area contributed by atoms with E-state index in [4.69, 9.17) is 18.3 Å². The predicted octanol–water partition coefficient (Wildman–Crippen LogP) is 3.10. The van der Waals surface area contributed by atoms with Crippen LogP contribution in [0.2, 0.25) is 0 Å². The van der Waals surface area contributed by atoms with E-state index in [9.17, 15) is 4.79 Å². The maximum Gasteiger partial charge on any atom is 0.336 e. The third kappa shape index (κ3) is 2.01. The first kappa shape index (κ1) is 12.5. The lowest BCUT2D eigenvalue weighted by Gasteiger charge is -2.08. The fourth-order valence-electron chi connectivity index (χ4n) is 2.46. The highest BCUT2D eigenvalue weighted by Gasteiger charge is 2.48. The molecular weight excluding hydrogens is 272 g/mol. The van der Waals surface area contributed by atoms with E-state index in [-0.39, 0.29) is 11.7 Å². The molecule has 3 aromatic rings. The number of hydrogen-bond acceptors (Lipinski definition) is 5. The molecule has 21 heavy (non-hydrogen) atoms. The molecule has 0 amide bonds. The monoisotopic (exact) mass is 286 g/mol. The summed E-state index contributed by atoms with van der Waals surface area (Å²) in [6.45, 7) is 4.40. The quantitative estimate of drug-likeness (QED) is 0.547. The van der Waals surface area contributed by atoms with Crippen molar-refractivity contribution in [2.24, 2.45) is 0 Å². The molecule has 1 atom stereocenters. The molecule has 1 aromatic carbocycles. The topological polar surface area (TPSA) is 65.1 Å². The zero-order chi connectivity index (χ0) is 14.6. The third-order valence-corrected chi connectivity index (χ3v) is 3.83. The van der Waals surface area contributed by atoms with Crippen molar-refractivity contribution in [2.45, 2.75) is 25.6 Å². The molecule has 1 aliphatic rings. The van der Waals surface area contributed by atoms with E-state index in [1.807, 2.05) is 26.0 Å². The average molecular weight is 286 g/mol. The molecule has 5 nitrogen and oxygen atoms in total. The molecule has 0 saturated carbocycles. The van der Waals surface area contributed by atoms with Crippen molar-refractivity contribution in [3.05, 3.63) is 40.9 Å². The van der Waals surface area contributed by atoms with Gasteiger partial charge < -0.3 is 18.3 Å². The van der Waals surface area contributed by atoms with Crippen LogP contribution in [0, 0.1) is 0 Å². The molecule has 0 spiro atoms. The van der Waals surface area contributed by atoms with Crippen molar-refractivity contribution in [3.63, 3.8) is 0 Å². The van der Waals surface area contributed by atoms with Crippen LogP contribution in [-0.2, 0) is 4.74 Å². The highest BCUT2D eigenvalue weighted by atomic mass is 16.6. The number of epoxide rings is 1. The van der Waals surface area contributed by atoms with Gasteiger partial charge in [0.2, 0.25) is 5.75 Å². The van der Waals surface area contributed by atoms with Gasteiger partial charge >= 0.3 is 5.63 Å². The maximum atomic E-state index is 11.5. The van der Waals surface area contributed by atoms with Gasteiger partial charge in [-0.05, 0) is 32.0 Å². The van der Waals surface area contributed by atoms with Gasteiger partial charge in [-0.3, -0.25) is 0 Å². The van der Waals surface area contributed by atoms with Crippen LogP contribution in [0.15, 0.2) is 44.2 Å². The lowest BCUT2D eigenvalue weighted by Crippen LogP contribution is -2.12. The smallest absolute Gasteiger partial charge is 0.336 e. The maximum absolute atomic E-state index is 11.5. The minimum Gasteiger partial charge on any atom is -0.483 e. The number of furan rings is 1. The lowest BCUT2D eigenvalue weighted by molar-refractivity contribution is 0.254. The normalized spacial score (nSPS) is 20.0. The van der Waals surface area contributed by atoms with E-state index in [1.165, 1.54) is 6.07 Å². The third-order valence-electron chi connectivity index (χ3n) is 3.83. The molecule has 0 N–H and O–H groups in total. The fraction of sp³-hybridized carbons (Fsp3) is 0.312. The van der Waals surface area contributed by atoms with Crippen LogP contribution in [0.25, 0.3) is 21.9 Å². The summed E-state index contributed by atoms with van der Waals surface area (Å²) in [5.41, 5.74) is 0.410. The number of fused-ring (bicyclic) bond motifs is 2. The van der Waals surface area contributed by atoms with Crippen molar-refractivity contribution in [2.75, 3.05) is 6.61 Å². The molecule has 4 rings (SSSR count). The van der Waals surface area contributed by atoms with Crippen LogP contribution in [0.4, 0.5) is 0 Å². The van der Waals surface area contributed by atoms with Crippen LogP contribution < -0.4 is 10.4 Å². The molecule has 1 fully saturated rings. The van der Waals surface area contributed by atoms with E-state index in [2.05, 4.69) is 0 Å². The van der Waals surface area contributed by atoms with Crippen LogP contribution in [0.5, 0.6) is 5.75 Å². The zero-order valence-corrected chi connectivity index (χ0v) is 11.7. The minimum absolute atomic E-state index is 0.0354. The Hall–Kier alpha value is -2.27. The van der Waals surface area contributed by atoms with Crippen LogP contribution in [0.3, 0.4) is 0 Å². The second-order valence-corrected chi connectivity index (χ2v) is 5.74. The summed E-state index contributed by atoms with van der Waals surface area (Å²) in [4.78, 5) is 11.5. The standard InChI is InChI=1S/C16H14O5/c1-16(2)11(21-16)8-19-15-13-10(5-6-18-13)7-9-3-4-12(17)20-14(9)15/h3-7,11H,8H2,1-2H3/t11-/m0/s1. The van der Waals surface area contributed by atoms with Gasteiger partial charge in [0.15, 0.2) is 11.2 Å². The lowest BCUT2D eigenvalue weighted by atomic mass is 10.1. The van der Waals surface area contributed by atoms with E-state index in [1.54, 1.807) is 12.3 Å². The van der Waals surface area contributed by atoms with Crippen molar-refractivity contribution >= 4 is 21.9 Å². The first-order valence-electron chi connectivity index (χ1n) is 6.79. The van der Waals surface area contributed by atoms with Crippen LogP contribution in [-0.4, -0.2) is 18.3 Å². The average Bonchev–Trinajstić information content (AvgIpc) is 2.85. The Labute approximate surface area is 120 Å². The summed E-state index contributed by atoms with van der Waals surface area (Å²) >= 11 is 0. The van der Waals surface area contributed by atoms with E-state index >= 15 is 0 Å². The van der Waals surface area contributed by atoms with Gasteiger partial charge in [-0.2, -0.15) is 0 Å². The Morgan fingerprint density at radius 1 is 1.19 bits per heavy atom. The molecule has 1 aliphatic heterocycles. The van der Waals surface area contributed by atoms with Crippen LogP contribution >= 0.6 is 0 Å². The summed E-state index contributed by atoms with van der Waals surface area (Å²) in [5.74, 6) is 0.455. The molecule has 1 saturated heterocycles. The van der Waals surface area contributed by atoms with Gasteiger partial charge in [0.1, 0.15) is 12.7 Å². The molecule has 108 valence electrons. The Morgan fingerprint density at radius 2 is 1.95 bits per heavy atom. The molecule has 0 bridgehead atoms. The largest absolute Gasteiger partial charge is 0.483 e.